The Balaban J connectivity index is 1.63. The fourth-order valence-electron chi connectivity index (χ4n) is 2.59. The van der Waals surface area contributed by atoms with Crippen molar-refractivity contribution < 1.29 is 13.2 Å². The summed E-state index contributed by atoms with van der Waals surface area (Å²) < 4.78 is 25.4. The third kappa shape index (κ3) is 3.52. The van der Waals surface area contributed by atoms with Gasteiger partial charge in [0.15, 0.2) is 0 Å². The number of aromatic nitrogens is 2. The van der Waals surface area contributed by atoms with Gasteiger partial charge in [0.05, 0.1) is 10.2 Å². The molecular weight excluding hydrogens is 396 g/mol. The lowest BCUT2D eigenvalue weighted by atomic mass is 10.1. The highest BCUT2D eigenvalue weighted by Crippen LogP contribution is 2.28. The van der Waals surface area contributed by atoms with Gasteiger partial charge in [-0.3, -0.25) is 9.89 Å². The van der Waals surface area contributed by atoms with E-state index < -0.39 is 10.0 Å². The molecule has 7 nitrogen and oxygen atoms in total. The number of nitrogens with zero attached hydrogens (tertiary/aromatic N) is 2. The second-order valence-corrected chi connectivity index (χ2v) is 8.33. The number of carbonyl (C=O) groups excluding carboxylic acids is 1. The van der Waals surface area contributed by atoms with Crippen LogP contribution in [0.4, 0.5) is 0 Å². The molecule has 0 aliphatic carbocycles. The van der Waals surface area contributed by atoms with Crippen molar-refractivity contribution in [1.29, 1.82) is 0 Å². The van der Waals surface area contributed by atoms with Gasteiger partial charge in [0, 0.05) is 25.2 Å². The number of H-pyrrole nitrogens is 1. The molecule has 0 bridgehead atoms. The second kappa shape index (κ2) is 7.04. The highest BCUT2D eigenvalue weighted by Gasteiger charge is 2.27. The van der Waals surface area contributed by atoms with Gasteiger partial charge in [-0.05, 0) is 22.4 Å². The number of hydrogen-bond donors (Lipinski definition) is 2. The van der Waals surface area contributed by atoms with Crippen molar-refractivity contribution in [2.24, 2.45) is 0 Å². The molecule has 0 unspecified atom stereocenters. The van der Waals surface area contributed by atoms with Crippen LogP contribution >= 0.6 is 15.9 Å². The van der Waals surface area contributed by atoms with Gasteiger partial charge in [-0.2, -0.15) is 5.10 Å². The minimum atomic E-state index is -3.14. The summed E-state index contributed by atoms with van der Waals surface area (Å²) in [6.07, 6.45) is 0.642. The van der Waals surface area contributed by atoms with E-state index in [9.17, 15) is 13.2 Å². The Labute approximate surface area is 148 Å². The lowest BCUT2D eigenvalue weighted by Crippen LogP contribution is -2.36. The van der Waals surface area contributed by atoms with E-state index in [1.165, 1.54) is 4.31 Å². The van der Waals surface area contributed by atoms with Crippen LogP contribution in [0.2, 0.25) is 0 Å². The van der Waals surface area contributed by atoms with Crippen LogP contribution < -0.4 is 5.32 Å². The van der Waals surface area contributed by atoms with E-state index in [1.807, 2.05) is 30.3 Å². The van der Waals surface area contributed by atoms with E-state index in [4.69, 9.17) is 0 Å². The van der Waals surface area contributed by atoms with Gasteiger partial charge in [-0.1, -0.05) is 30.3 Å². The molecule has 2 aromatic rings. The summed E-state index contributed by atoms with van der Waals surface area (Å²) in [5.74, 6) is -0.138. The highest BCUT2D eigenvalue weighted by molar-refractivity contribution is 9.10. The summed E-state index contributed by atoms with van der Waals surface area (Å²) >= 11 is 3.40. The maximum absolute atomic E-state index is 12.3. The maximum atomic E-state index is 12.3. The van der Waals surface area contributed by atoms with Crippen molar-refractivity contribution >= 4 is 31.9 Å². The lowest BCUT2D eigenvalue weighted by Gasteiger charge is -2.14. The summed E-state index contributed by atoms with van der Waals surface area (Å²) in [4.78, 5) is 12.3. The molecule has 1 amide bonds. The van der Waals surface area contributed by atoms with Crippen molar-refractivity contribution in [2.75, 3.05) is 25.4 Å². The van der Waals surface area contributed by atoms with Crippen LogP contribution in [0.5, 0.6) is 0 Å². The van der Waals surface area contributed by atoms with E-state index in [0.717, 1.165) is 5.56 Å². The third-order valence-corrected chi connectivity index (χ3v) is 6.56. The molecule has 0 atom stereocenters. The van der Waals surface area contributed by atoms with E-state index >= 15 is 0 Å². The van der Waals surface area contributed by atoms with Crippen LogP contribution in [0.1, 0.15) is 16.9 Å². The zero-order valence-electron chi connectivity index (χ0n) is 12.8. The highest BCUT2D eigenvalue weighted by atomic mass is 79.9. The quantitative estimate of drug-likeness (QED) is 0.779. The molecule has 1 aliphatic heterocycles. The molecule has 1 aromatic heterocycles. The second-order valence-electron chi connectivity index (χ2n) is 5.45. The van der Waals surface area contributed by atoms with Crippen molar-refractivity contribution in [3.05, 3.63) is 40.5 Å². The van der Waals surface area contributed by atoms with Crippen molar-refractivity contribution in [1.82, 2.24) is 19.8 Å². The fraction of sp³-hybridized carbons (Fsp3) is 0.333. The topological polar surface area (TPSA) is 95.2 Å². The zero-order valence-corrected chi connectivity index (χ0v) is 15.2. The Hall–Kier alpha value is -1.71. The van der Waals surface area contributed by atoms with Gasteiger partial charge in [0.2, 0.25) is 10.0 Å². The number of sulfonamides is 1. The van der Waals surface area contributed by atoms with E-state index in [2.05, 4.69) is 31.4 Å². The van der Waals surface area contributed by atoms with E-state index in [-0.39, 0.29) is 24.7 Å². The molecule has 24 heavy (non-hydrogen) atoms. The van der Waals surface area contributed by atoms with Gasteiger partial charge in [-0.15, -0.1) is 0 Å². The summed E-state index contributed by atoms with van der Waals surface area (Å²) in [6, 6.07) is 9.51. The summed E-state index contributed by atoms with van der Waals surface area (Å²) in [6.45, 7) is 1.06. The zero-order chi connectivity index (χ0) is 17.2. The summed E-state index contributed by atoms with van der Waals surface area (Å²) in [5.41, 5.74) is 1.86. The van der Waals surface area contributed by atoms with E-state index in [1.54, 1.807) is 0 Å². The van der Waals surface area contributed by atoms with Gasteiger partial charge < -0.3 is 5.32 Å². The minimum absolute atomic E-state index is 0.188. The Bertz CT molecular complexity index is 836. The standard InChI is InChI=1S/C15H17BrN4O3S/c16-12-13(11-5-2-1-3-6-11)18-19-14(12)15(21)17-7-9-20-8-4-10-24(20,22)23/h1-3,5-6H,4,7-10H2,(H,17,21)(H,18,19). The predicted octanol–water partition coefficient (Wildman–Crippen LogP) is 1.60. The van der Waals surface area contributed by atoms with Crippen molar-refractivity contribution in [3.63, 3.8) is 0 Å². The largest absolute Gasteiger partial charge is 0.349 e. The number of aromatic amines is 1. The number of amides is 1. The fourth-order valence-corrected chi connectivity index (χ4v) is 4.71. The first-order valence-electron chi connectivity index (χ1n) is 7.54. The monoisotopic (exact) mass is 412 g/mol. The van der Waals surface area contributed by atoms with E-state index in [0.29, 0.717) is 28.8 Å². The van der Waals surface area contributed by atoms with Gasteiger partial charge in [0.25, 0.3) is 5.91 Å². The van der Waals surface area contributed by atoms with Crippen LogP contribution in [0.25, 0.3) is 11.3 Å². The number of carbonyl (C=O) groups is 1. The number of hydrogen-bond acceptors (Lipinski definition) is 4. The molecular formula is C15H17BrN4O3S. The molecule has 1 aliphatic rings. The number of benzene rings is 1. The number of nitrogens with one attached hydrogen (secondary N) is 2. The van der Waals surface area contributed by atoms with Gasteiger partial charge >= 0.3 is 0 Å². The average molecular weight is 413 g/mol. The van der Waals surface area contributed by atoms with Crippen LogP contribution in [0, 0.1) is 0 Å². The Morgan fingerprint density at radius 1 is 1.33 bits per heavy atom. The molecule has 2 N–H and O–H groups in total. The number of halogens is 1. The Morgan fingerprint density at radius 3 is 2.75 bits per heavy atom. The van der Waals surface area contributed by atoms with Crippen LogP contribution in [-0.4, -0.2) is 54.2 Å². The first-order valence-corrected chi connectivity index (χ1v) is 9.94. The summed E-state index contributed by atoms with van der Waals surface area (Å²) in [7, 11) is -3.14. The minimum Gasteiger partial charge on any atom is -0.349 e. The normalized spacial score (nSPS) is 17.0. The number of rotatable bonds is 5. The molecule has 1 aromatic carbocycles. The van der Waals surface area contributed by atoms with Gasteiger partial charge in [0.1, 0.15) is 11.4 Å². The molecule has 0 spiro atoms. The molecule has 0 radical (unpaired) electrons. The molecule has 1 fully saturated rings. The van der Waals surface area contributed by atoms with Crippen molar-refractivity contribution in [2.45, 2.75) is 6.42 Å². The Kier molecular flexibility index (Phi) is 5.02. The van der Waals surface area contributed by atoms with Crippen molar-refractivity contribution in [3.8, 4) is 11.3 Å². The molecule has 128 valence electrons. The molecule has 1 saturated heterocycles. The first kappa shape index (κ1) is 17.1. The third-order valence-electron chi connectivity index (χ3n) is 3.83. The lowest BCUT2D eigenvalue weighted by molar-refractivity contribution is 0.0946. The molecule has 0 saturated carbocycles. The average Bonchev–Trinajstić information content (AvgIpc) is 3.10. The van der Waals surface area contributed by atoms with Crippen LogP contribution in [0.3, 0.4) is 0 Å². The SMILES string of the molecule is O=C(NCCN1CCCS1(=O)=O)c1[nH]nc(-c2ccccc2)c1Br. The maximum Gasteiger partial charge on any atom is 0.270 e. The molecule has 9 heteroatoms. The molecule has 3 rings (SSSR count). The van der Waals surface area contributed by atoms with Gasteiger partial charge in [-0.25, -0.2) is 12.7 Å². The smallest absolute Gasteiger partial charge is 0.270 e. The summed E-state index contributed by atoms with van der Waals surface area (Å²) in [5, 5.41) is 9.63. The van der Waals surface area contributed by atoms with Crippen LogP contribution in [-0.2, 0) is 10.0 Å². The van der Waals surface area contributed by atoms with Crippen LogP contribution in [0.15, 0.2) is 34.8 Å². The first-order chi connectivity index (χ1) is 11.5. The predicted molar refractivity (Wildman–Crippen MR) is 94.0 cm³/mol. The Morgan fingerprint density at radius 2 is 2.08 bits per heavy atom. The molecule has 2 heterocycles.